The molecule has 0 saturated heterocycles. The summed E-state index contributed by atoms with van der Waals surface area (Å²) in [6.07, 6.45) is 8.38. The lowest BCUT2D eigenvalue weighted by molar-refractivity contribution is 0.597. The molecule has 2 heterocycles. The number of hydrogen-bond donors (Lipinski definition) is 0. The van der Waals surface area contributed by atoms with Gasteiger partial charge in [-0.05, 0) is 18.9 Å². The molecule has 0 atom stereocenters. The molecule has 0 spiro atoms. The molecule has 2 aromatic heterocycles. The summed E-state index contributed by atoms with van der Waals surface area (Å²) in [6.45, 7) is 0. The first-order valence-corrected chi connectivity index (χ1v) is 7.50. The van der Waals surface area contributed by atoms with E-state index in [9.17, 15) is 8.42 Å². The van der Waals surface area contributed by atoms with Crippen LogP contribution < -0.4 is 0 Å². The molecular formula is C11H12N4O2S. The second-order valence-corrected chi connectivity index (χ2v) is 6.41. The molecule has 3 rings (SSSR count). The van der Waals surface area contributed by atoms with E-state index in [0.29, 0.717) is 11.9 Å². The monoisotopic (exact) mass is 264 g/mol. The van der Waals surface area contributed by atoms with Crippen LogP contribution in [0.5, 0.6) is 0 Å². The van der Waals surface area contributed by atoms with Gasteiger partial charge in [0.25, 0.3) is 0 Å². The average Bonchev–Trinajstić information content (AvgIpc) is 3.06. The molecule has 0 amide bonds. The molecule has 6 nitrogen and oxygen atoms in total. The Hall–Kier alpha value is -1.76. The zero-order chi connectivity index (χ0) is 12.8. The summed E-state index contributed by atoms with van der Waals surface area (Å²) in [4.78, 5) is 12.4. The molecule has 7 heteroatoms. The van der Waals surface area contributed by atoms with Gasteiger partial charge >= 0.3 is 0 Å². The van der Waals surface area contributed by atoms with Crippen molar-refractivity contribution in [3.63, 3.8) is 0 Å². The van der Waals surface area contributed by atoms with Crippen LogP contribution in [-0.4, -0.2) is 34.2 Å². The van der Waals surface area contributed by atoms with Crippen LogP contribution >= 0.6 is 0 Å². The molecule has 1 aliphatic rings. The molecule has 1 saturated carbocycles. The lowest BCUT2D eigenvalue weighted by Crippen LogP contribution is -2.05. The molecular weight excluding hydrogens is 252 g/mol. The van der Waals surface area contributed by atoms with E-state index < -0.39 is 9.84 Å². The van der Waals surface area contributed by atoms with Crippen molar-refractivity contribution in [1.29, 1.82) is 0 Å². The van der Waals surface area contributed by atoms with Gasteiger partial charge in [-0.25, -0.2) is 23.4 Å². The standard InChI is InChI=1S/C11H12N4O2S/c1-18(16,17)10-4-5-12-11(14-10)15-6-9(13-7-15)8-2-3-8/h4-8H,2-3H2,1H3. The van der Waals surface area contributed by atoms with Crippen LogP contribution in [0.15, 0.2) is 29.8 Å². The normalized spacial score (nSPS) is 15.8. The van der Waals surface area contributed by atoms with Crippen LogP contribution in [0.4, 0.5) is 0 Å². The zero-order valence-corrected chi connectivity index (χ0v) is 10.6. The maximum absolute atomic E-state index is 11.4. The van der Waals surface area contributed by atoms with Gasteiger partial charge in [-0.2, -0.15) is 0 Å². The number of rotatable bonds is 3. The van der Waals surface area contributed by atoms with Crippen LogP contribution in [0.1, 0.15) is 24.5 Å². The number of imidazole rings is 1. The van der Waals surface area contributed by atoms with Gasteiger partial charge in [0.1, 0.15) is 6.33 Å². The topological polar surface area (TPSA) is 77.7 Å². The highest BCUT2D eigenvalue weighted by Crippen LogP contribution is 2.38. The highest BCUT2D eigenvalue weighted by Gasteiger charge is 2.26. The molecule has 0 aliphatic heterocycles. The molecule has 0 N–H and O–H groups in total. The summed E-state index contributed by atoms with van der Waals surface area (Å²) in [5.74, 6) is 0.877. The van der Waals surface area contributed by atoms with Crippen molar-refractivity contribution in [1.82, 2.24) is 19.5 Å². The minimum atomic E-state index is -3.32. The van der Waals surface area contributed by atoms with Gasteiger partial charge in [0, 0.05) is 24.6 Å². The number of nitrogens with zero attached hydrogens (tertiary/aromatic N) is 4. The Kier molecular flexibility index (Phi) is 2.44. The van der Waals surface area contributed by atoms with Crippen LogP contribution in [0.2, 0.25) is 0 Å². The lowest BCUT2D eigenvalue weighted by Gasteiger charge is -2.01. The third-order valence-electron chi connectivity index (χ3n) is 2.83. The van der Waals surface area contributed by atoms with Gasteiger partial charge < -0.3 is 0 Å². The molecule has 0 unspecified atom stereocenters. The molecule has 0 aromatic carbocycles. The van der Waals surface area contributed by atoms with E-state index in [-0.39, 0.29) is 5.03 Å². The Morgan fingerprint density at radius 1 is 1.33 bits per heavy atom. The first kappa shape index (κ1) is 11.3. The molecule has 2 aromatic rings. The lowest BCUT2D eigenvalue weighted by atomic mass is 10.3. The van der Waals surface area contributed by atoms with E-state index in [4.69, 9.17) is 0 Å². The second-order valence-electron chi connectivity index (χ2n) is 4.45. The smallest absolute Gasteiger partial charge is 0.236 e. The zero-order valence-electron chi connectivity index (χ0n) is 9.81. The summed E-state index contributed by atoms with van der Waals surface area (Å²) < 4.78 is 24.5. The fourth-order valence-corrected chi connectivity index (χ4v) is 2.26. The Morgan fingerprint density at radius 2 is 2.11 bits per heavy atom. The average molecular weight is 264 g/mol. The summed E-state index contributed by atoms with van der Waals surface area (Å²) in [6, 6.07) is 1.39. The van der Waals surface area contributed by atoms with Gasteiger partial charge in [0.15, 0.2) is 14.9 Å². The highest BCUT2D eigenvalue weighted by molar-refractivity contribution is 7.90. The summed E-state index contributed by atoms with van der Waals surface area (Å²) in [7, 11) is -3.32. The molecule has 0 bridgehead atoms. The van der Waals surface area contributed by atoms with Crippen molar-refractivity contribution in [2.24, 2.45) is 0 Å². The van der Waals surface area contributed by atoms with Gasteiger partial charge in [0.2, 0.25) is 5.95 Å². The van der Waals surface area contributed by atoms with Crippen LogP contribution in [0.25, 0.3) is 5.95 Å². The minimum Gasteiger partial charge on any atom is -0.274 e. The van der Waals surface area contributed by atoms with Crippen molar-refractivity contribution in [2.45, 2.75) is 23.8 Å². The van der Waals surface area contributed by atoms with Crippen LogP contribution in [-0.2, 0) is 9.84 Å². The minimum absolute atomic E-state index is 0.0224. The summed E-state index contributed by atoms with van der Waals surface area (Å²) in [5.41, 5.74) is 1.02. The molecule has 1 aliphatic carbocycles. The van der Waals surface area contributed by atoms with E-state index in [0.717, 1.165) is 11.9 Å². The van der Waals surface area contributed by atoms with E-state index in [1.54, 1.807) is 10.9 Å². The van der Waals surface area contributed by atoms with E-state index in [1.807, 2.05) is 6.20 Å². The molecule has 0 radical (unpaired) electrons. The third-order valence-corrected chi connectivity index (χ3v) is 3.81. The maximum Gasteiger partial charge on any atom is 0.236 e. The quantitative estimate of drug-likeness (QED) is 0.771. The predicted octanol–water partition coefficient (Wildman–Crippen LogP) is 0.943. The Labute approximate surface area is 105 Å². The number of hydrogen-bond acceptors (Lipinski definition) is 5. The van der Waals surface area contributed by atoms with Gasteiger partial charge in [-0.3, -0.25) is 4.57 Å². The Balaban J connectivity index is 2.00. The fourth-order valence-electron chi connectivity index (χ4n) is 1.70. The number of sulfone groups is 1. The number of aromatic nitrogens is 4. The maximum atomic E-state index is 11.4. The van der Waals surface area contributed by atoms with Gasteiger partial charge in [0.05, 0.1) is 5.69 Å². The SMILES string of the molecule is CS(=O)(=O)c1ccnc(-n2cnc(C3CC3)c2)n1. The van der Waals surface area contributed by atoms with Crippen molar-refractivity contribution in [2.75, 3.05) is 6.26 Å². The third kappa shape index (κ3) is 2.13. The fraction of sp³-hybridized carbons (Fsp3) is 0.364. The summed E-state index contributed by atoms with van der Waals surface area (Å²) >= 11 is 0. The molecule has 18 heavy (non-hydrogen) atoms. The van der Waals surface area contributed by atoms with Crippen LogP contribution in [0, 0.1) is 0 Å². The summed E-state index contributed by atoms with van der Waals surface area (Å²) in [5, 5.41) is 0.0224. The second kappa shape index (κ2) is 3.88. The molecule has 1 fully saturated rings. The largest absolute Gasteiger partial charge is 0.274 e. The van der Waals surface area contributed by atoms with Crippen molar-refractivity contribution in [3.8, 4) is 5.95 Å². The van der Waals surface area contributed by atoms with E-state index in [1.165, 1.54) is 25.1 Å². The van der Waals surface area contributed by atoms with Gasteiger partial charge in [-0.15, -0.1) is 0 Å². The van der Waals surface area contributed by atoms with Crippen molar-refractivity contribution in [3.05, 3.63) is 30.5 Å². The highest BCUT2D eigenvalue weighted by atomic mass is 32.2. The van der Waals surface area contributed by atoms with E-state index in [2.05, 4.69) is 15.0 Å². The van der Waals surface area contributed by atoms with Crippen molar-refractivity contribution < 1.29 is 8.42 Å². The Bertz CT molecular complexity index is 689. The van der Waals surface area contributed by atoms with Crippen LogP contribution in [0.3, 0.4) is 0 Å². The van der Waals surface area contributed by atoms with Gasteiger partial charge in [-0.1, -0.05) is 0 Å². The predicted molar refractivity (Wildman–Crippen MR) is 64.2 cm³/mol. The molecule has 94 valence electrons. The van der Waals surface area contributed by atoms with E-state index >= 15 is 0 Å². The van der Waals surface area contributed by atoms with Crippen molar-refractivity contribution >= 4 is 9.84 Å². The Morgan fingerprint density at radius 3 is 2.78 bits per heavy atom. The first-order valence-electron chi connectivity index (χ1n) is 5.61. The first-order chi connectivity index (χ1) is 8.54.